The minimum atomic E-state index is -0.0533. The molecule has 1 amide bonds. The van der Waals surface area contributed by atoms with Gasteiger partial charge in [-0.2, -0.15) is 4.37 Å². The van der Waals surface area contributed by atoms with Crippen molar-refractivity contribution in [1.29, 1.82) is 0 Å². The van der Waals surface area contributed by atoms with E-state index in [2.05, 4.69) is 14.3 Å². The molecule has 0 aliphatic carbocycles. The van der Waals surface area contributed by atoms with Crippen LogP contribution in [-0.2, 0) is 0 Å². The molecule has 0 radical (unpaired) electrons. The van der Waals surface area contributed by atoms with E-state index in [1.165, 1.54) is 0 Å². The second-order valence-electron chi connectivity index (χ2n) is 5.00. The first-order valence-corrected chi connectivity index (χ1v) is 8.38. The Bertz CT molecular complexity index is 698. The number of carbonyl (C=O) groups is 1. The number of rotatable bonds is 2. The van der Waals surface area contributed by atoms with Crippen LogP contribution in [0.5, 0.6) is 0 Å². The van der Waals surface area contributed by atoms with Crippen molar-refractivity contribution in [3.63, 3.8) is 0 Å². The zero-order valence-electron chi connectivity index (χ0n) is 11.9. The first kappa shape index (κ1) is 15.5. The number of hydrogen-bond donors (Lipinski definition) is 0. The maximum absolute atomic E-state index is 12.3. The molecule has 0 spiro atoms. The number of hydrogen-bond acceptors (Lipinski definition) is 5. The van der Waals surface area contributed by atoms with E-state index >= 15 is 0 Å². The molecule has 1 saturated heterocycles. The minimum Gasteiger partial charge on any atom is -0.367 e. The third-order valence-electron chi connectivity index (χ3n) is 3.55. The van der Waals surface area contributed by atoms with Crippen molar-refractivity contribution in [2.24, 2.45) is 0 Å². The highest BCUT2D eigenvalue weighted by atomic mass is 35.5. The molecule has 0 N–H and O–H groups in total. The zero-order valence-corrected chi connectivity index (χ0v) is 14.3. The fraction of sp³-hybridized carbons (Fsp3) is 0.357. The number of benzene rings is 1. The molecule has 1 aliphatic rings. The molecular weight excluding hydrogens is 343 g/mol. The normalized spacial score (nSPS) is 15.2. The van der Waals surface area contributed by atoms with Crippen LogP contribution in [0.1, 0.15) is 15.6 Å². The van der Waals surface area contributed by atoms with Crippen molar-refractivity contribution in [3.05, 3.63) is 39.1 Å². The van der Waals surface area contributed by atoms with Crippen LogP contribution in [0.25, 0.3) is 0 Å². The monoisotopic (exact) mass is 356 g/mol. The van der Waals surface area contributed by atoms with Gasteiger partial charge in [-0.05, 0) is 30.6 Å². The number of aryl methyl sites for hydroxylation is 1. The third-order valence-corrected chi connectivity index (χ3v) is 5.15. The summed E-state index contributed by atoms with van der Waals surface area (Å²) >= 11 is 13.5. The third kappa shape index (κ3) is 3.04. The van der Waals surface area contributed by atoms with Crippen LogP contribution in [0.15, 0.2) is 18.2 Å². The predicted molar refractivity (Wildman–Crippen MR) is 89.2 cm³/mol. The molecule has 5 nitrogen and oxygen atoms in total. The SMILES string of the molecule is Cc1nsc(C(=O)N2CCN(c3cccc(Cl)c3Cl)CC2)n1. The quantitative estimate of drug-likeness (QED) is 0.829. The summed E-state index contributed by atoms with van der Waals surface area (Å²) in [5.41, 5.74) is 0.910. The van der Waals surface area contributed by atoms with Gasteiger partial charge >= 0.3 is 0 Å². The summed E-state index contributed by atoms with van der Waals surface area (Å²) in [6.45, 7) is 4.46. The highest BCUT2D eigenvalue weighted by molar-refractivity contribution is 7.07. The Morgan fingerprint density at radius 3 is 2.59 bits per heavy atom. The van der Waals surface area contributed by atoms with Gasteiger partial charge < -0.3 is 9.80 Å². The number of aromatic nitrogens is 2. The summed E-state index contributed by atoms with van der Waals surface area (Å²) in [6, 6.07) is 5.59. The lowest BCUT2D eigenvalue weighted by Crippen LogP contribution is -2.48. The Balaban J connectivity index is 1.67. The van der Waals surface area contributed by atoms with E-state index in [1.807, 2.05) is 12.1 Å². The predicted octanol–water partition coefficient (Wildman–Crippen LogP) is 3.12. The Morgan fingerprint density at radius 1 is 1.23 bits per heavy atom. The van der Waals surface area contributed by atoms with E-state index in [4.69, 9.17) is 23.2 Å². The molecule has 3 rings (SSSR count). The molecule has 1 aromatic heterocycles. The molecule has 2 aromatic rings. The van der Waals surface area contributed by atoms with Gasteiger partial charge in [-0.3, -0.25) is 4.79 Å². The van der Waals surface area contributed by atoms with Crippen molar-refractivity contribution in [2.45, 2.75) is 6.92 Å². The second-order valence-corrected chi connectivity index (χ2v) is 6.54. The summed E-state index contributed by atoms with van der Waals surface area (Å²) in [5.74, 6) is 0.583. The highest BCUT2D eigenvalue weighted by Gasteiger charge is 2.25. The van der Waals surface area contributed by atoms with Gasteiger partial charge in [-0.25, -0.2) is 4.98 Å². The second kappa shape index (κ2) is 6.40. The lowest BCUT2D eigenvalue weighted by atomic mass is 10.2. The van der Waals surface area contributed by atoms with Crippen LogP contribution in [0.3, 0.4) is 0 Å². The smallest absolute Gasteiger partial charge is 0.284 e. The molecular formula is C14H14Cl2N4OS. The van der Waals surface area contributed by atoms with E-state index in [0.717, 1.165) is 17.2 Å². The molecule has 0 atom stereocenters. The Morgan fingerprint density at radius 2 is 1.95 bits per heavy atom. The standard InChI is InChI=1S/C14H14Cl2N4OS/c1-9-17-13(22-18-9)14(21)20-7-5-19(6-8-20)11-4-2-3-10(15)12(11)16/h2-4H,5-8H2,1H3. The van der Waals surface area contributed by atoms with Crippen LogP contribution in [0.2, 0.25) is 10.0 Å². The summed E-state index contributed by atoms with van der Waals surface area (Å²) in [7, 11) is 0. The lowest BCUT2D eigenvalue weighted by Gasteiger charge is -2.36. The van der Waals surface area contributed by atoms with E-state index < -0.39 is 0 Å². The Kier molecular flexibility index (Phi) is 4.52. The molecule has 116 valence electrons. The van der Waals surface area contributed by atoms with Crippen LogP contribution in [-0.4, -0.2) is 46.3 Å². The first-order chi connectivity index (χ1) is 10.6. The summed E-state index contributed by atoms with van der Waals surface area (Å²) in [4.78, 5) is 20.4. The van der Waals surface area contributed by atoms with Gasteiger partial charge in [0.25, 0.3) is 5.91 Å². The van der Waals surface area contributed by atoms with Crippen molar-refractivity contribution >= 4 is 46.3 Å². The van der Waals surface area contributed by atoms with E-state index in [-0.39, 0.29) is 5.91 Å². The van der Waals surface area contributed by atoms with Crippen molar-refractivity contribution in [1.82, 2.24) is 14.3 Å². The molecule has 1 aromatic carbocycles. The van der Waals surface area contributed by atoms with Crippen molar-refractivity contribution in [3.8, 4) is 0 Å². The largest absolute Gasteiger partial charge is 0.367 e. The van der Waals surface area contributed by atoms with Gasteiger partial charge in [0.15, 0.2) is 0 Å². The average molecular weight is 357 g/mol. The van der Waals surface area contributed by atoms with Gasteiger partial charge in [0.05, 0.1) is 15.7 Å². The van der Waals surface area contributed by atoms with E-state index in [0.29, 0.717) is 47.1 Å². The lowest BCUT2D eigenvalue weighted by molar-refractivity contribution is 0.0746. The maximum atomic E-state index is 12.3. The highest BCUT2D eigenvalue weighted by Crippen LogP contribution is 2.32. The fourth-order valence-corrected chi connectivity index (χ4v) is 3.46. The molecule has 8 heteroatoms. The van der Waals surface area contributed by atoms with Gasteiger partial charge in [0.1, 0.15) is 5.82 Å². The zero-order chi connectivity index (χ0) is 15.7. The number of anilines is 1. The number of nitrogens with zero attached hydrogens (tertiary/aromatic N) is 4. The topological polar surface area (TPSA) is 49.3 Å². The number of piperazine rings is 1. The first-order valence-electron chi connectivity index (χ1n) is 6.85. The van der Waals surface area contributed by atoms with E-state index in [1.54, 1.807) is 17.9 Å². The number of carbonyl (C=O) groups excluding carboxylic acids is 1. The molecule has 0 unspecified atom stereocenters. The molecule has 22 heavy (non-hydrogen) atoms. The summed E-state index contributed by atoms with van der Waals surface area (Å²) in [6.07, 6.45) is 0. The van der Waals surface area contributed by atoms with Gasteiger partial charge in [-0.1, -0.05) is 29.3 Å². The van der Waals surface area contributed by atoms with Crippen LogP contribution < -0.4 is 4.90 Å². The van der Waals surface area contributed by atoms with Crippen LogP contribution in [0, 0.1) is 6.92 Å². The fourth-order valence-electron chi connectivity index (χ4n) is 2.41. The molecule has 1 aliphatic heterocycles. The maximum Gasteiger partial charge on any atom is 0.284 e. The van der Waals surface area contributed by atoms with Gasteiger partial charge in [-0.15, -0.1) is 0 Å². The Labute approximate surface area is 142 Å². The van der Waals surface area contributed by atoms with Gasteiger partial charge in [0, 0.05) is 26.2 Å². The Hall–Kier alpha value is -1.37. The molecule has 0 bridgehead atoms. The number of halogens is 2. The van der Waals surface area contributed by atoms with Gasteiger partial charge in [0.2, 0.25) is 5.01 Å². The summed E-state index contributed by atoms with van der Waals surface area (Å²) in [5, 5.41) is 1.55. The molecule has 0 saturated carbocycles. The minimum absolute atomic E-state index is 0.0533. The summed E-state index contributed by atoms with van der Waals surface area (Å²) < 4.78 is 4.06. The van der Waals surface area contributed by atoms with E-state index in [9.17, 15) is 4.79 Å². The van der Waals surface area contributed by atoms with Crippen LogP contribution in [0.4, 0.5) is 5.69 Å². The number of amides is 1. The van der Waals surface area contributed by atoms with Crippen LogP contribution >= 0.6 is 34.7 Å². The van der Waals surface area contributed by atoms with Crippen molar-refractivity contribution < 1.29 is 4.79 Å². The van der Waals surface area contributed by atoms with Crippen molar-refractivity contribution in [2.75, 3.05) is 31.1 Å². The molecule has 2 heterocycles. The molecule has 1 fully saturated rings. The average Bonchev–Trinajstić information content (AvgIpc) is 2.96.